The van der Waals surface area contributed by atoms with Gasteiger partial charge in [0.15, 0.2) is 18.1 Å². The number of ether oxygens (including phenoxy) is 3. The maximum atomic E-state index is 12.5. The summed E-state index contributed by atoms with van der Waals surface area (Å²) in [4.78, 5) is 23.5. The molecule has 2 aromatic carbocycles. The van der Waals surface area contributed by atoms with Crippen LogP contribution in [0, 0.1) is 0 Å². The number of carbonyl (C=O) groups is 2. The van der Waals surface area contributed by atoms with E-state index in [1.807, 2.05) is 30.3 Å². The summed E-state index contributed by atoms with van der Waals surface area (Å²) in [6.07, 6.45) is 2.03. The molecule has 0 saturated carbocycles. The lowest BCUT2D eigenvalue weighted by Gasteiger charge is -2.24. The van der Waals surface area contributed by atoms with Crippen molar-refractivity contribution in [3.63, 3.8) is 0 Å². The van der Waals surface area contributed by atoms with E-state index < -0.39 is 5.91 Å². The second-order valence-corrected chi connectivity index (χ2v) is 7.03. The van der Waals surface area contributed by atoms with Crippen molar-refractivity contribution in [3.05, 3.63) is 59.8 Å². The maximum absolute atomic E-state index is 12.5. The molecule has 31 heavy (non-hydrogen) atoms. The summed E-state index contributed by atoms with van der Waals surface area (Å²) >= 11 is 0. The Hall–Kier alpha value is -4.01. The Morgan fingerprint density at radius 2 is 1.94 bits per heavy atom. The highest BCUT2D eigenvalue weighted by Crippen LogP contribution is 2.40. The van der Waals surface area contributed by atoms with Crippen molar-refractivity contribution in [1.82, 2.24) is 9.78 Å². The Kier molecular flexibility index (Phi) is 5.48. The van der Waals surface area contributed by atoms with Gasteiger partial charge in [-0.3, -0.25) is 9.59 Å². The summed E-state index contributed by atoms with van der Waals surface area (Å²) in [6, 6.07) is 12.8. The molecule has 0 spiro atoms. The van der Waals surface area contributed by atoms with Gasteiger partial charge in [-0.2, -0.15) is 5.10 Å². The van der Waals surface area contributed by atoms with Crippen LogP contribution in [0.25, 0.3) is 5.69 Å². The van der Waals surface area contributed by atoms with E-state index in [9.17, 15) is 9.59 Å². The zero-order valence-corrected chi connectivity index (χ0v) is 17.1. The van der Waals surface area contributed by atoms with E-state index in [1.54, 1.807) is 30.1 Å². The first kappa shape index (κ1) is 20.3. The van der Waals surface area contributed by atoms with Crippen LogP contribution in [0.2, 0.25) is 0 Å². The molecule has 1 aromatic heterocycles. The highest BCUT2D eigenvalue weighted by atomic mass is 16.5. The summed E-state index contributed by atoms with van der Waals surface area (Å²) in [5.74, 6) is 1.31. The molecule has 0 bridgehead atoms. The molecule has 3 aromatic rings. The number of methoxy groups -OCH3 is 2. The van der Waals surface area contributed by atoms with Gasteiger partial charge >= 0.3 is 0 Å². The normalized spacial score (nSPS) is 15.0. The first-order valence-corrected chi connectivity index (χ1v) is 9.61. The number of rotatable bonds is 7. The van der Waals surface area contributed by atoms with E-state index in [-0.39, 0.29) is 24.9 Å². The van der Waals surface area contributed by atoms with Gasteiger partial charge in [-0.15, -0.1) is 0 Å². The molecule has 2 heterocycles. The van der Waals surface area contributed by atoms with Crippen molar-refractivity contribution in [3.8, 4) is 22.9 Å². The summed E-state index contributed by atoms with van der Waals surface area (Å²) in [6.45, 7) is -0.250. The molecule has 3 N–H and O–H groups in total. The van der Waals surface area contributed by atoms with E-state index in [1.165, 1.54) is 7.11 Å². The fourth-order valence-electron chi connectivity index (χ4n) is 3.61. The van der Waals surface area contributed by atoms with Gasteiger partial charge in [-0.25, -0.2) is 4.68 Å². The van der Waals surface area contributed by atoms with Crippen molar-refractivity contribution in [1.29, 1.82) is 0 Å². The Labute approximate surface area is 178 Å². The minimum atomic E-state index is -0.578. The second-order valence-electron chi connectivity index (χ2n) is 7.03. The topological polar surface area (TPSA) is 118 Å². The number of amides is 2. The lowest BCUT2D eigenvalue weighted by atomic mass is 9.87. The Morgan fingerprint density at radius 1 is 1.16 bits per heavy atom. The number of benzene rings is 2. The lowest BCUT2D eigenvalue weighted by Crippen LogP contribution is -2.24. The van der Waals surface area contributed by atoms with E-state index in [4.69, 9.17) is 19.9 Å². The Balaban J connectivity index is 1.69. The predicted molar refractivity (Wildman–Crippen MR) is 113 cm³/mol. The summed E-state index contributed by atoms with van der Waals surface area (Å²) in [5.41, 5.74) is 7.71. The van der Waals surface area contributed by atoms with Crippen molar-refractivity contribution < 1.29 is 23.8 Å². The number of fused-ring (bicyclic) bond motifs is 1. The van der Waals surface area contributed by atoms with Crippen LogP contribution in [0.5, 0.6) is 17.2 Å². The van der Waals surface area contributed by atoms with Crippen LogP contribution in [-0.4, -0.2) is 42.4 Å². The zero-order valence-electron chi connectivity index (χ0n) is 17.1. The number of primary amides is 1. The summed E-state index contributed by atoms with van der Waals surface area (Å²) in [7, 11) is 3.12. The van der Waals surface area contributed by atoms with Crippen molar-refractivity contribution in [2.24, 2.45) is 5.73 Å². The van der Waals surface area contributed by atoms with Crippen LogP contribution < -0.4 is 25.3 Å². The van der Waals surface area contributed by atoms with Crippen LogP contribution >= 0.6 is 0 Å². The van der Waals surface area contributed by atoms with Gasteiger partial charge < -0.3 is 25.3 Å². The van der Waals surface area contributed by atoms with Gasteiger partial charge in [0.05, 0.1) is 26.1 Å². The summed E-state index contributed by atoms with van der Waals surface area (Å²) < 4.78 is 17.7. The van der Waals surface area contributed by atoms with Crippen LogP contribution in [0.15, 0.2) is 48.7 Å². The summed E-state index contributed by atoms with van der Waals surface area (Å²) in [5, 5.41) is 7.43. The lowest BCUT2D eigenvalue weighted by molar-refractivity contribution is -0.120. The van der Waals surface area contributed by atoms with Crippen LogP contribution in [0.3, 0.4) is 0 Å². The largest absolute Gasteiger partial charge is 0.497 e. The fourth-order valence-corrected chi connectivity index (χ4v) is 3.61. The molecule has 2 amide bonds. The van der Waals surface area contributed by atoms with E-state index in [2.05, 4.69) is 10.4 Å². The Morgan fingerprint density at radius 3 is 2.61 bits per heavy atom. The average molecular weight is 422 g/mol. The number of hydrogen-bond acceptors (Lipinski definition) is 6. The Bertz CT molecular complexity index is 1120. The fraction of sp³-hybridized carbons (Fsp3) is 0.227. The van der Waals surface area contributed by atoms with Gasteiger partial charge in [-0.05, 0) is 42.0 Å². The minimum absolute atomic E-state index is 0.110. The first-order chi connectivity index (χ1) is 15.0. The zero-order chi connectivity index (χ0) is 22.0. The number of carbonyl (C=O) groups excluding carboxylic acids is 2. The molecule has 0 radical (unpaired) electrons. The third-order valence-electron chi connectivity index (χ3n) is 5.10. The number of anilines is 1. The molecular formula is C22H22N4O5. The maximum Gasteiger partial charge on any atom is 0.255 e. The molecule has 1 aliphatic rings. The van der Waals surface area contributed by atoms with Gasteiger partial charge in [0.2, 0.25) is 5.91 Å². The van der Waals surface area contributed by atoms with Crippen LogP contribution in [-0.2, 0) is 9.59 Å². The molecule has 0 saturated heterocycles. The third kappa shape index (κ3) is 4.02. The smallest absolute Gasteiger partial charge is 0.255 e. The molecule has 160 valence electrons. The molecular weight excluding hydrogens is 400 g/mol. The van der Waals surface area contributed by atoms with Crippen LogP contribution in [0.4, 0.5) is 5.82 Å². The van der Waals surface area contributed by atoms with Gasteiger partial charge in [0, 0.05) is 17.9 Å². The van der Waals surface area contributed by atoms with Crippen molar-refractivity contribution in [2.45, 2.75) is 12.3 Å². The highest BCUT2D eigenvalue weighted by molar-refractivity contribution is 5.94. The van der Waals surface area contributed by atoms with Gasteiger partial charge in [0.1, 0.15) is 11.6 Å². The molecule has 4 rings (SSSR count). The molecule has 0 aliphatic carbocycles. The second kappa shape index (κ2) is 8.39. The molecule has 1 unspecified atom stereocenters. The number of nitrogens with two attached hydrogens (primary N) is 1. The number of nitrogens with zero attached hydrogens (tertiary/aromatic N) is 2. The van der Waals surface area contributed by atoms with Crippen LogP contribution in [0.1, 0.15) is 23.5 Å². The molecule has 1 aliphatic heterocycles. The van der Waals surface area contributed by atoms with Gasteiger partial charge in [-0.1, -0.05) is 6.07 Å². The number of aromatic nitrogens is 2. The highest BCUT2D eigenvalue weighted by Gasteiger charge is 2.31. The monoisotopic (exact) mass is 422 g/mol. The standard InChI is InChI=1S/C22H22N4O5/c1-29-15-6-4-14(5-7-15)26-22-17(11-24-26)16(10-21(28)25-22)13-3-8-18(19(9-13)30-2)31-12-20(23)27/h3-9,11,16H,10,12H2,1-2H3,(H2,23,27)(H,25,28). The molecule has 9 heteroatoms. The number of hydrogen-bond donors (Lipinski definition) is 2. The quantitative estimate of drug-likeness (QED) is 0.603. The van der Waals surface area contributed by atoms with Crippen molar-refractivity contribution >= 4 is 17.6 Å². The molecule has 0 fully saturated rings. The predicted octanol–water partition coefficient (Wildman–Crippen LogP) is 2.23. The van der Waals surface area contributed by atoms with Crippen molar-refractivity contribution in [2.75, 3.05) is 26.1 Å². The third-order valence-corrected chi connectivity index (χ3v) is 5.10. The number of nitrogens with one attached hydrogen (secondary N) is 1. The SMILES string of the molecule is COc1ccc(-n2ncc3c2NC(=O)CC3c2ccc(OCC(N)=O)c(OC)c2)cc1. The van der Waals surface area contributed by atoms with E-state index in [0.717, 1.165) is 22.6 Å². The average Bonchev–Trinajstić information content (AvgIpc) is 3.20. The van der Waals surface area contributed by atoms with Gasteiger partial charge in [0.25, 0.3) is 5.91 Å². The van der Waals surface area contributed by atoms with E-state index in [0.29, 0.717) is 17.3 Å². The minimum Gasteiger partial charge on any atom is -0.497 e. The van der Waals surface area contributed by atoms with E-state index >= 15 is 0 Å². The molecule has 9 nitrogen and oxygen atoms in total. The first-order valence-electron chi connectivity index (χ1n) is 9.61. The molecule has 1 atom stereocenters.